The van der Waals surface area contributed by atoms with E-state index in [9.17, 15) is 4.79 Å². The molecule has 1 aromatic rings. The van der Waals surface area contributed by atoms with Crippen molar-refractivity contribution in [1.82, 2.24) is 0 Å². The highest BCUT2D eigenvalue weighted by atomic mass is 16.5. The molecule has 1 fully saturated rings. The van der Waals surface area contributed by atoms with Gasteiger partial charge >= 0.3 is 0 Å². The van der Waals surface area contributed by atoms with E-state index in [1.54, 1.807) is 7.11 Å². The number of aryl methyl sites for hydroxylation is 1. The second-order valence-corrected chi connectivity index (χ2v) is 5.50. The number of nitrogens with two attached hydrogens (primary N) is 1. The summed E-state index contributed by atoms with van der Waals surface area (Å²) < 4.78 is 10.7. The van der Waals surface area contributed by atoms with Gasteiger partial charge in [0.25, 0.3) is 0 Å². The Morgan fingerprint density at radius 1 is 1.42 bits per heavy atom. The van der Waals surface area contributed by atoms with Crippen molar-refractivity contribution < 1.29 is 14.3 Å². The maximum atomic E-state index is 11.8. The average molecular weight is 263 g/mol. The van der Waals surface area contributed by atoms with Crippen LogP contribution in [0.1, 0.15) is 36.5 Å². The number of carbonyl (C=O) groups is 1. The Balaban J connectivity index is 2.58. The van der Waals surface area contributed by atoms with Gasteiger partial charge in [-0.3, -0.25) is 4.79 Å². The molecule has 0 spiro atoms. The highest BCUT2D eigenvalue weighted by Crippen LogP contribution is 2.39. The maximum absolute atomic E-state index is 11.8. The molecule has 0 saturated carbocycles. The van der Waals surface area contributed by atoms with Gasteiger partial charge in [0.05, 0.1) is 20.3 Å². The molecule has 1 amide bonds. The third-order valence-electron chi connectivity index (χ3n) is 3.88. The maximum Gasteiger partial charge on any atom is 0.232 e. The molecule has 0 aromatic heterocycles. The zero-order valence-electron chi connectivity index (χ0n) is 11.9. The van der Waals surface area contributed by atoms with Crippen LogP contribution in [-0.4, -0.2) is 26.2 Å². The number of primary amides is 1. The summed E-state index contributed by atoms with van der Waals surface area (Å²) in [7, 11) is 1.66. The topological polar surface area (TPSA) is 61.5 Å². The number of methoxy groups -OCH3 is 1. The highest BCUT2D eigenvalue weighted by molar-refractivity contribution is 5.88. The summed E-state index contributed by atoms with van der Waals surface area (Å²) >= 11 is 0. The highest BCUT2D eigenvalue weighted by Gasteiger charge is 2.47. The molecule has 1 saturated heterocycles. The van der Waals surface area contributed by atoms with Crippen molar-refractivity contribution in [3.8, 4) is 5.75 Å². The van der Waals surface area contributed by atoms with Crippen molar-refractivity contribution >= 4 is 5.91 Å². The number of hydrogen-bond acceptors (Lipinski definition) is 3. The van der Waals surface area contributed by atoms with Gasteiger partial charge in [-0.1, -0.05) is 19.9 Å². The summed E-state index contributed by atoms with van der Waals surface area (Å²) in [6.07, 6.45) is 0. The van der Waals surface area contributed by atoms with Crippen molar-refractivity contribution in [2.75, 3.05) is 20.3 Å². The fourth-order valence-corrected chi connectivity index (χ4v) is 2.58. The summed E-state index contributed by atoms with van der Waals surface area (Å²) in [6, 6.07) is 4.03. The monoisotopic (exact) mass is 263 g/mol. The second kappa shape index (κ2) is 4.85. The van der Waals surface area contributed by atoms with Gasteiger partial charge in [-0.05, 0) is 35.6 Å². The standard InChI is InChI=1S/C15H21NO3/c1-9(2)11-6-12(10(3)5-13(11)18-4)15(14(16)17)7-19-8-15/h5-6,9H,7-8H2,1-4H3,(H2,16,17). The first-order valence-electron chi connectivity index (χ1n) is 6.49. The van der Waals surface area contributed by atoms with Crippen LogP contribution in [0.2, 0.25) is 0 Å². The van der Waals surface area contributed by atoms with Crippen LogP contribution in [0.4, 0.5) is 0 Å². The first kappa shape index (κ1) is 13.9. The number of benzene rings is 1. The fourth-order valence-electron chi connectivity index (χ4n) is 2.58. The van der Waals surface area contributed by atoms with Gasteiger partial charge in [0, 0.05) is 0 Å². The Bertz CT molecular complexity index is 504. The van der Waals surface area contributed by atoms with Crippen molar-refractivity contribution in [3.63, 3.8) is 0 Å². The van der Waals surface area contributed by atoms with E-state index in [0.717, 1.165) is 22.4 Å². The van der Waals surface area contributed by atoms with Gasteiger partial charge in [0.15, 0.2) is 0 Å². The number of rotatable bonds is 4. The first-order valence-corrected chi connectivity index (χ1v) is 6.49. The van der Waals surface area contributed by atoms with E-state index < -0.39 is 5.41 Å². The van der Waals surface area contributed by atoms with E-state index in [2.05, 4.69) is 13.8 Å². The molecule has 0 aliphatic carbocycles. The van der Waals surface area contributed by atoms with Crippen molar-refractivity contribution in [2.45, 2.75) is 32.1 Å². The minimum Gasteiger partial charge on any atom is -0.496 e. The predicted octanol–water partition coefficient (Wildman–Crippen LogP) is 1.88. The summed E-state index contributed by atoms with van der Waals surface area (Å²) in [5, 5.41) is 0. The zero-order chi connectivity index (χ0) is 14.2. The minimum atomic E-state index is -0.667. The molecule has 1 aliphatic rings. The van der Waals surface area contributed by atoms with Gasteiger partial charge in [-0.15, -0.1) is 0 Å². The largest absolute Gasteiger partial charge is 0.496 e. The lowest BCUT2D eigenvalue weighted by atomic mass is 9.74. The normalized spacial score (nSPS) is 17.1. The van der Waals surface area contributed by atoms with E-state index in [-0.39, 0.29) is 5.91 Å². The van der Waals surface area contributed by atoms with Crippen molar-refractivity contribution in [1.29, 1.82) is 0 Å². The molecule has 19 heavy (non-hydrogen) atoms. The lowest BCUT2D eigenvalue weighted by Crippen LogP contribution is -2.56. The van der Waals surface area contributed by atoms with Crippen LogP contribution in [0.3, 0.4) is 0 Å². The van der Waals surface area contributed by atoms with E-state index in [4.69, 9.17) is 15.2 Å². The molecule has 1 aliphatic heterocycles. The van der Waals surface area contributed by atoms with Crippen LogP contribution in [0.15, 0.2) is 12.1 Å². The molecule has 2 rings (SSSR count). The summed E-state index contributed by atoms with van der Waals surface area (Å²) in [5.41, 5.74) is 7.99. The lowest BCUT2D eigenvalue weighted by molar-refractivity contribution is -0.141. The van der Waals surface area contributed by atoms with Gasteiger partial charge in [-0.25, -0.2) is 0 Å². The predicted molar refractivity (Wildman–Crippen MR) is 73.5 cm³/mol. The molecule has 0 radical (unpaired) electrons. The molecule has 2 N–H and O–H groups in total. The van der Waals surface area contributed by atoms with Crippen LogP contribution in [0.25, 0.3) is 0 Å². The summed E-state index contributed by atoms with van der Waals surface area (Å²) in [5.74, 6) is 0.859. The smallest absolute Gasteiger partial charge is 0.232 e. The minimum absolute atomic E-state index is 0.318. The molecule has 1 heterocycles. The SMILES string of the molecule is COc1cc(C)c(C2(C(N)=O)COC2)cc1C(C)C. The Hall–Kier alpha value is -1.55. The Morgan fingerprint density at radius 3 is 2.42 bits per heavy atom. The number of amides is 1. The van der Waals surface area contributed by atoms with Crippen LogP contribution in [0, 0.1) is 6.92 Å². The fraction of sp³-hybridized carbons (Fsp3) is 0.533. The zero-order valence-corrected chi connectivity index (χ0v) is 11.9. The van der Waals surface area contributed by atoms with E-state index >= 15 is 0 Å². The van der Waals surface area contributed by atoms with Gasteiger partial charge in [-0.2, -0.15) is 0 Å². The number of hydrogen-bond donors (Lipinski definition) is 1. The third-order valence-corrected chi connectivity index (χ3v) is 3.88. The third kappa shape index (κ3) is 2.10. The molecule has 0 bridgehead atoms. The van der Waals surface area contributed by atoms with Crippen LogP contribution in [0.5, 0.6) is 5.75 Å². The number of ether oxygens (including phenoxy) is 2. The molecule has 104 valence electrons. The second-order valence-electron chi connectivity index (χ2n) is 5.50. The Morgan fingerprint density at radius 2 is 2.05 bits per heavy atom. The number of carbonyl (C=O) groups excluding carboxylic acids is 1. The molecular weight excluding hydrogens is 242 g/mol. The molecule has 1 aromatic carbocycles. The van der Waals surface area contributed by atoms with Gasteiger partial charge < -0.3 is 15.2 Å². The van der Waals surface area contributed by atoms with Crippen LogP contribution in [-0.2, 0) is 14.9 Å². The van der Waals surface area contributed by atoms with E-state index in [1.807, 2.05) is 19.1 Å². The van der Waals surface area contributed by atoms with Crippen molar-refractivity contribution in [2.24, 2.45) is 5.73 Å². The van der Waals surface area contributed by atoms with Crippen LogP contribution < -0.4 is 10.5 Å². The quantitative estimate of drug-likeness (QED) is 0.902. The van der Waals surface area contributed by atoms with Gasteiger partial charge in [0.2, 0.25) is 5.91 Å². The molecular formula is C15H21NO3. The lowest BCUT2D eigenvalue weighted by Gasteiger charge is -2.40. The first-order chi connectivity index (χ1) is 8.92. The Labute approximate surface area is 113 Å². The van der Waals surface area contributed by atoms with Crippen molar-refractivity contribution in [3.05, 3.63) is 28.8 Å². The van der Waals surface area contributed by atoms with E-state index in [0.29, 0.717) is 19.1 Å². The molecule has 4 heteroatoms. The molecule has 0 atom stereocenters. The van der Waals surface area contributed by atoms with Gasteiger partial charge in [0.1, 0.15) is 11.2 Å². The molecule has 0 unspecified atom stereocenters. The Kier molecular flexibility index (Phi) is 3.54. The van der Waals surface area contributed by atoms with Crippen LogP contribution >= 0.6 is 0 Å². The summed E-state index contributed by atoms with van der Waals surface area (Å²) in [6.45, 7) is 6.92. The molecule has 4 nitrogen and oxygen atoms in total. The van der Waals surface area contributed by atoms with E-state index in [1.165, 1.54) is 0 Å². The summed E-state index contributed by atoms with van der Waals surface area (Å²) in [4.78, 5) is 11.8. The average Bonchev–Trinajstić information content (AvgIpc) is 2.28.